The number of aromatic nitrogens is 5. The molecule has 0 fully saturated rings. The highest BCUT2D eigenvalue weighted by atomic mass is 32.2. The normalized spacial score (nSPS) is 13.5. The summed E-state index contributed by atoms with van der Waals surface area (Å²) in [5, 5.41) is 10.4. The van der Waals surface area contributed by atoms with E-state index in [1.54, 1.807) is 30.0 Å². The maximum absolute atomic E-state index is 13.0. The van der Waals surface area contributed by atoms with Crippen molar-refractivity contribution in [3.63, 3.8) is 0 Å². The molecule has 0 spiro atoms. The van der Waals surface area contributed by atoms with Crippen molar-refractivity contribution in [1.29, 1.82) is 0 Å². The SMILES string of the molecule is Nc1c(Sc2nnc(-c3cccnc3)n2Cc2ccco2)c(=O)[nH]c2sc3c(c12)CCCC3. The molecular weight excluding hydrogens is 456 g/mol. The highest BCUT2D eigenvalue weighted by molar-refractivity contribution is 7.99. The average molecular weight is 477 g/mol. The van der Waals surface area contributed by atoms with Crippen LogP contribution in [0.1, 0.15) is 29.0 Å². The van der Waals surface area contributed by atoms with Gasteiger partial charge in [0.1, 0.15) is 15.5 Å². The number of hydrogen-bond donors (Lipinski definition) is 2. The molecule has 0 amide bonds. The first-order valence-corrected chi connectivity index (χ1v) is 12.3. The van der Waals surface area contributed by atoms with Crippen LogP contribution in [0, 0.1) is 0 Å². The molecule has 5 heterocycles. The average Bonchev–Trinajstić information content (AvgIpc) is 3.56. The van der Waals surface area contributed by atoms with Crippen molar-refractivity contribution >= 4 is 39.0 Å². The van der Waals surface area contributed by atoms with E-state index in [1.807, 2.05) is 28.8 Å². The predicted molar refractivity (Wildman–Crippen MR) is 129 cm³/mol. The first-order valence-electron chi connectivity index (χ1n) is 10.7. The van der Waals surface area contributed by atoms with E-state index in [2.05, 4.69) is 20.2 Å². The van der Waals surface area contributed by atoms with Gasteiger partial charge in [-0.1, -0.05) is 0 Å². The van der Waals surface area contributed by atoms with Crippen molar-refractivity contribution in [3.8, 4) is 11.4 Å². The first-order chi connectivity index (χ1) is 16.2. The van der Waals surface area contributed by atoms with Gasteiger partial charge < -0.3 is 15.1 Å². The second kappa shape index (κ2) is 8.20. The Morgan fingerprint density at radius 2 is 2.12 bits per heavy atom. The topological polar surface area (TPSA) is 116 Å². The van der Waals surface area contributed by atoms with Gasteiger partial charge >= 0.3 is 0 Å². The number of nitrogens with zero attached hydrogens (tertiary/aromatic N) is 4. The third-order valence-corrected chi connectivity index (χ3v) is 8.14. The van der Waals surface area contributed by atoms with Crippen molar-refractivity contribution in [2.24, 2.45) is 0 Å². The van der Waals surface area contributed by atoms with E-state index in [4.69, 9.17) is 10.2 Å². The van der Waals surface area contributed by atoms with Crippen LogP contribution in [0.15, 0.2) is 62.2 Å². The number of furan rings is 1. The van der Waals surface area contributed by atoms with Gasteiger partial charge in [0, 0.05) is 28.2 Å². The number of fused-ring (bicyclic) bond motifs is 3. The highest BCUT2D eigenvalue weighted by Crippen LogP contribution is 2.41. The summed E-state index contributed by atoms with van der Waals surface area (Å²) in [5.74, 6) is 1.40. The quantitative estimate of drug-likeness (QED) is 0.384. The molecule has 0 unspecified atom stereocenters. The number of nitrogens with one attached hydrogen (secondary N) is 1. The summed E-state index contributed by atoms with van der Waals surface area (Å²) in [6, 6.07) is 7.51. The van der Waals surface area contributed by atoms with Gasteiger partial charge in [-0.15, -0.1) is 21.5 Å². The number of aryl methyl sites for hydroxylation is 2. The summed E-state index contributed by atoms with van der Waals surface area (Å²) in [5.41, 5.74) is 9.04. The van der Waals surface area contributed by atoms with E-state index in [0.717, 1.165) is 40.8 Å². The molecule has 6 rings (SSSR count). The first kappa shape index (κ1) is 20.3. The summed E-state index contributed by atoms with van der Waals surface area (Å²) in [4.78, 5) is 22.9. The summed E-state index contributed by atoms with van der Waals surface area (Å²) < 4.78 is 7.49. The third-order valence-electron chi connectivity index (χ3n) is 5.84. The van der Waals surface area contributed by atoms with Crippen LogP contribution in [0.2, 0.25) is 0 Å². The largest absolute Gasteiger partial charge is 0.467 e. The molecule has 0 radical (unpaired) electrons. The van der Waals surface area contributed by atoms with Crippen molar-refractivity contribution < 1.29 is 4.42 Å². The molecule has 5 aromatic rings. The summed E-state index contributed by atoms with van der Waals surface area (Å²) >= 11 is 2.89. The fourth-order valence-corrected chi connectivity index (χ4v) is 6.48. The Morgan fingerprint density at radius 1 is 1.21 bits per heavy atom. The monoisotopic (exact) mass is 476 g/mol. The Bertz CT molecular complexity index is 1500. The summed E-state index contributed by atoms with van der Waals surface area (Å²) in [7, 11) is 0. The molecule has 5 aromatic heterocycles. The van der Waals surface area contributed by atoms with Crippen LogP contribution in [0.25, 0.3) is 21.6 Å². The summed E-state index contributed by atoms with van der Waals surface area (Å²) in [6.45, 7) is 0.417. The van der Waals surface area contributed by atoms with E-state index < -0.39 is 0 Å². The molecule has 0 aromatic carbocycles. The van der Waals surface area contributed by atoms with Crippen molar-refractivity contribution in [2.75, 3.05) is 5.73 Å². The van der Waals surface area contributed by atoms with Crippen molar-refractivity contribution in [2.45, 2.75) is 42.3 Å². The number of rotatable bonds is 5. The lowest BCUT2D eigenvalue weighted by Gasteiger charge is -2.12. The second-order valence-corrected chi connectivity index (χ2v) is 10.0. The van der Waals surface area contributed by atoms with Crippen LogP contribution in [0.5, 0.6) is 0 Å². The van der Waals surface area contributed by atoms with Crippen LogP contribution in [-0.2, 0) is 19.4 Å². The molecule has 0 saturated carbocycles. The molecule has 10 heteroatoms. The lowest BCUT2D eigenvalue weighted by molar-refractivity contribution is 0.485. The third kappa shape index (κ3) is 3.55. The van der Waals surface area contributed by atoms with Gasteiger partial charge in [0.05, 0.1) is 18.5 Å². The van der Waals surface area contributed by atoms with E-state index >= 15 is 0 Å². The fraction of sp³-hybridized carbons (Fsp3) is 0.217. The van der Waals surface area contributed by atoms with Crippen LogP contribution in [-0.4, -0.2) is 24.7 Å². The molecule has 0 atom stereocenters. The minimum absolute atomic E-state index is 0.209. The molecule has 3 N–H and O–H groups in total. The second-order valence-electron chi connectivity index (χ2n) is 7.93. The Kier molecular flexibility index (Phi) is 5.03. The number of hydrogen-bond acceptors (Lipinski definition) is 8. The van der Waals surface area contributed by atoms with Crippen molar-refractivity contribution in [3.05, 3.63) is 69.5 Å². The van der Waals surface area contributed by atoms with Gasteiger partial charge in [-0.05, 0) is 67.3 Å². The summed E-state index contributed by atoms with van der Waals surface area (Å²) in [6.07, 6.45) is 9.45. The van der Waals surface area contributed by atoms with Crippen LogP contribution in [0.4, 0.5) is 5.69 Å². The standard InChI is InChI=1S/C23H20N6O2S2/c24-18-17-15-7-1-2-8-16(15)32-22(17)26-21(30)19(18)33-23-28-27-20(13-5-3-9-25-11-13)29(23)12-14-6-4-10-31-14/h3-6,9-11H,1-2,7-8,12H2,(H3,24,26,30). The minimum atomic E-state index is -0.209. The van der Waals surface area contributed by atoms with Gasteiger partial charge in [0.2, 0.25) is 0 Å². The molecular formula is C23H20N6O2S2. The molecule has 0 bridgehead atoms. The number of anilines is 1. The number of pyridine rings is 2. The van der Waals surface area contributed by atoms with Crippen LogP contribution in [0.3, 0.4) is 0 Å². The predicted octanol–water partition coefficient (Wildman–Crippen LogP) is 4.50. The Morgan fingerprint density at radius 3 is 2.94 bits per heavy atom. The van der Waals surface area contributed by atoms with Gasteiger partial charge in [-0.3, -0.25) is 14.3 Å². The maximum atomic E-state index is 13.0. The molecule has 0 saturated heterocycles. The Labute approximate surface area is 196 Å². The molecule has 1 aliphatic carbocycles. The molecule has 33 heavy (non-hydrogen) atoms. The van der Waals surface area contributed by atoms with Crippen LogP contribution >= 0.6 is 23.1 Å². The number of nitrogens with two attached hydrogens (primary N) is 1. The number of H-pyrrole nitrogens is 1. The van der Waals surface area contributed by atoms with E-state index in [-0.39, 0.29) is 5.56 Å². The van der Waals surface area contributed by atoms with Crippen molar-refractivity contribution in [1.82, 2.24) is 24.7 Å². The molecule has 8 nitrogen and oxygen atoms in total. The van der Waals surface area contributed by atoms with Gasteiger partial charge in [0.25, 0.3) is 5.56 Å². The zero-order valence-electron chi connectivity index (χ0n) is 17.6. The zero-order valence-corrected chi connectivity index (χ0v) is 19.2. The lowest BCUT2D eigenvalue weighted by atomic mass is 9.96. The van der Waals surface area contributed by atoms with Gasteiger partial charge in [0.15, 0.2) is 11.0 Å². The van der Waals surface area contributed by atoms with E-state index in [0.29, 0.717) is 28.1 Å². The molecule has 0 aliphatic heterocycles. The smallest absolute Gasteiger partial charge is 0.265 e. The number of aromatic amines is 1. The Balaban J connectivity index is 1.47. The fourth-order valence-electron chi connectivity index (χ4n) is 4.30. The minimum Gasteiger partial charge on any atom is -0.467 e. The van der Waals surface area contributed by atoms with E-state index in [9.17, 15) is 4.79 Å². The zero-order chi connectivity index (χ0) is 22.4. The maximum Gasteiger partial charge on any atom is 0.265 e. The highest BCUT2D eigenvalue weighted by Gasteiger charge is 2.24. The molecule has 1 aliphatic rings. The number of nitrogen functional groups attached to an aromatic ring is 1. The van der Waals surface area contributed by atoms with Gasteiger partial charge in [-0.2, -0.15) is 0 Å². The van der Waals surface area contributed by atoms with E-state index in [1.165, 1.54) is 28.6 Å². The van der Waals surface area contributed by atoms with Crippen LogP contribution < -0.4 is 11.3 Å². The van der Waals surface area contributed by atoms with Gasteiger partial charge in [-0.25, -0.2) is 0 Å². The Hall–Kier alpha value is -3.37. The molecule has 166 valence electrons. The lowest BCUT2D eigenvalue weighted by Crippen LogP contribution is -2.12. The number of thiophene rings is 1.